The van der Waals surface area contributed by atoms with Crippen LogP contribution in [0.25, 0.3) is 0 Å². The molecular formula is C13H18ClFN2O3. The van der Waals surface area contributed by atoms with Crippen LogP contribution in [0.3, 0.4) is 0 Å². The van der Waals surface area contributed by atoms with Gasteiger partial charge in [-0.1, -0.05) is 25.4 Å². The quantitative estimate of drug-likeness (QED) is 0.613. The molecule has 112 valence electrons. The van der Waals surface area contributed by atoms with Crippen LogP contribution < -0.4 is 5.32 Å². The number of rotatable bonds is 7. The van der Waals surface area contributed by atoms with Gasteiger partial charge in [-0.3, -0.25) is 10.1 Å². The van der Waals surface area contributed by atoms with Crippen molar-refractivity contribution < 1.29 is 14.1 Å². The van der Waals surface area contributed by atoms with E-state index in [2.05, 4.69) is 5.32 Å². The molecule has 0 spiro atoms. The molecule has 0 aliphatic carbocycles. The molecule has 0 unspecified atom stereocenters. The number of hydrogen-bond donors (Lipinski definition) is 1. The van der Waals surface area contributed by atoms with E-state index in [1.54, 1.807) is 7.11 Å². The Morgan fingerprint density at radius 3 is 2.70 bits per heavy atom. The van der Waals surface area contributed by atoms with Crippen molar-refractivity contribution in [2.75, 3.05) is 25.6 Å². The summed E-state index contributed by atoms with van der Waals surface area (Å²) in [6, 6.07) is 2.06. The summed E-state index contributed by atoms with van der Waals surface area (Å²) in [5.74, 6) is -0.803. The summed E-state index contributed by atoms with van der Waals surface area (Å²) in [5.41, 5.74) is -0.230. The van der Waals surface area contributed by atoms with Crippen LogP contribution in [0, 0.1) is 21.3 Å². The Bertz CT molecular complexity index is 495. The monoisotopic (exact) mass is 304 g/mol. The average molecular weight is 305 g/mol. The minimum absolute atomic E-state index is 0.120. The molecule has 20 heavy (non-hydrogen) atoms. The zero-order valence-corrected chi connectivity index (χ0v) is 12.5. The molecular weight excluding hydrogens is 287 g/mol. The zero-order valence-electron chi connectivity index (χ0n) is 11.7. The molecule has 0 atom stereocenters. The first-order chi connectivity index (χ1) is 9.26. The van der Waals surface area contributed by atoms with E-state index in [1.807, 2.05) is 13.8 Å². The number of methoxy groups -OCH3 is 1. The molecule has 0 saturated carbocycles. The summed E-state index contributed by atoms with van der Waals surface area (Å²) in [4.78, 5) is 10.3. The molecule has 1 rings (SSSR count). The van der Waals surface area contributed by atoms with Gasteiger partial charge in [-0.25, -0.2) is 4.39 Å². The van der Waals surface area contributed by atoms with E-state index in [0.717, 1.165) is 12.5 Å². The minimum atomic E-state index is -0.803. The van der Waals surface area contributed by atoms with Crippen LogP contribution in [0.5, 0.6) is 0 Å². The smallest absolute Gasteiger partial charge is 0.295 e. The topological polar surface area (TPSA) is 64.4 Å². The number of benzene rings is 1. The van der Waals surface area contributed by atoms with Crippen LogP contribution in [0.15, 0.2) is 12.1 Å². The van der Waals surface area contributed by atoms with E-state index >= 15 is 0 Å². The number of hydrogen-bond acceptors (Lipinski definition) is 4. The number of nitrogens with one attached hydrogen (secondary N) is 1. The van der Waals surface area contributed by atoms with Crippen molar-refractivity contribution in [3.8, 4) is 0 Å². The third-order valence-electron chi connectivity index (χ3n) is 2.98. The summed E-state index contributed by atoms with van der Waals surface area (Å²) >= 11 is 5.67. The highest BCUT2D eigenvalue weighted by Gasteiger charge is 2.22. The summed E-state index contributed by atoms with van der Waals surface area (Å²) in [6.45, 7) is 5.10. The second-order valence-corrected chi connectivity index (χ2v) is 5.71. The lowest BCUT2D eigenvalue weighted by Crippen LogP contribution is -2.25. The summed E-state index contributed by atoms with van der Waals surface area (Å²) < 4.78 is 18.3. The fourth-order valence-corrected chi connectivity index (χ4v) is 1.79. The molecule has 0 fully saturated rings. The van der Waals surface area contributed by atoms with E-state index in [-0.39, 0.29) is 21.8 Å². The summed E-state index contributed by atoms with van der Waals surface area (Å²) in [7, 11) is 1.62. The molecule has 0 radical (unpaired) electrons. The second kappa shape index (κ2) is 6.85. The highest BCUT2D eigenvalue weighted by molar-refractivity contribution is 6.31. The first kappa shape index (κ1) is 16.7. The predicted molar refractivity (Wildman–Crippen MR) is 76.8 cm³/mol. The van der Waals surface area contributed by atoms with Crippen LogP contribution in [0.2, 0.25) is 5.02 Å². The van der Waals surface area contributed by atoms with Crippen LogP contribution in [-0.4, -0.2) is 25.2 Å². The molecule has 0 bridgehead atoms. The van der Waals surface area contributed by atoms with Crippen molar-refractivity contribution in [1.82, 2.24) is 0 Å². The average Bonchev–Trinajstić information content (AvgIpc) is 2.37. The fraction of sp³-hybridized carbons (Fsp3) is 0.538. The largest absolute Gasteiger partial charge is 0.385 e. The van der Waals surface area contributed by atoms with Crippen LogP contribution >= 0.6 is 11.6 Å². The van der Waals surface area contributed by atoms with Gasteiger partial charge in [0.05, 0.1) is 16.0 Å². The molecule has 0 amide bonds. The predicted octanol–water partition coefficient (Wildman–Crippen LogP) is 3.86. The summed E-state index contributed by atoms with van der Waals surface area (Å²) in [6.07, 6.45) is 0.791. The van der Waals surface area contributed by atoms with Gasteiger partial charge in [-0.15, -0.1) is 0 Å². The van der Waals surface area contributed by atoms with Gasteiger partial charge in [0.2, 0.25) is 0 Å². The molecule has 5 nitrogen and oxygen atoms in total. The molecule has 0 aromatic heterocycles. The van der Waals surface area contributed by atoms with Gasteiger partial charge in [-0.2, -0.15) is 0 Å². The first-order valence-electron chi connectivity index (χ1n) is 6.13. The van der Waals surface area contributed by atoms with Crippen LogP contribution in [0.1, 0.15) is 20.3 Å². The Balaban J connectivity index is 2.86. The standard InChI is InChI=1S/C13H18ClFN2O3/c1-13(2,4-5-20-3)8-16-11-6-9(14)10(15)7-12(11)17(18)19/h6-7,16H,4-5,8H2,1-3H3. The van der Waals surface area contributed by atoms with Crippen molar-refractivity contribution >= 4 is 23.0 Å². The fourth-order valence-electron chi connectivity index (χ4n) is 1.63. The Morgan fingerprint density at radius 1 is 1.50 bits per heavy atom. The highest BCUT2D eigenvalue weighted by atomic mass is 35.5. The minimum Gasteiger partial charge on any atom is -0.385 e. The molecule has 0 aliphatic heterocycles. The van der Waals surface area contributed by atoms with E-state index in [1.165, 1.54) is 6.07 Å². The highest BCUT2D eigenvalue weighted by Crippen LogP contribution is 2.31. The Morgan fingerprint density at radius 2 is 2.15 bits per heavy atom. The Labute approximate surface area is 122 Å². The molecule has 0 aliphatic rings. The summed E-state index contributed by atoms with van der Waals surface area (Å²) in [5, 5.41) is 13.7. The van der Waals surface area contributed by atoms with Gasteiger partial charge in [0.15, 0.2) is 0 Å². The SMILES string of the molecule is COCCC(C)(C)CNc1cc(Cl)c(F)cc1[N+](=O)[O-]. The van der Waals surface area contributed by atoms with E-state index in [9.17, 15) is 14.5 Å². The molecule has 1 N–H and O–H groups in total. The van der Waals surface area contributed by atoms with Crippen molar-refractivity contribution in [1.29, 1.82) is 0 Å². The van der Waals surface area contributed by atoms with Crippen molar-refractivity contribution in [3.63, 3.8) is 0 Å². The van der Waals surface area contributed by atoms with Gasteiger partial charge >= 0.3 is 0 Å². The maximum absolute atomic E-state index is 13.3. The van der Waals surface area contributed by atoms with Crippen LogP contribution in [-0.2, 0) is 4.74 Å². The lowest BCUT2D eigenvalue weighted by molar-refractivity contribution is -0.384. The molecule has 1 aromatic rings. The maximum atomic E-state index is 13.3. The number of ether oxygens (including phenoxy) is 1. The molecule has 0 heterocycles. The van der Waals surface area contributed by atoms with Crippen LogP contribution in [0.4, 0.5) is 15.8 Å². The second-order valence-electron chi connectivity index (χ2n) is 5.30. The third kappa shape index (κ3) is 4.61. The number of nitro groups is 1. The maximum Gasteiger partial charge on any atom is 0.295 e. The number of anilines is 1. The Kier molecular flexibility index (Phi) is 5.71. The Hall–Kier alpha value is -1.40. The van der Waals surface area contributed by atoms with E-state index < -0.39 is 10.7 Å². The molecule has 7 heteroatoms. The van der Waals surface area contributed by atoms with Crippen molar-refractivity contribution in [2.45, 2.75) is 20.3 Å². The lowest BCUT2D eigenvalue weighted by Gasteiger charge is -2.25. The van der Waals surface area contributed by atoms with Gasteiger partial charge in [0, 0.05) is 20.3 Å². The lowest BCUT2D eigenvalue weighted by atomic mass is 9.89. The van der Waals surface area contributed by atoms with Crippen molar-refractivity contribution in [2.24, 2.45) is 5.41 Å². The van der Waals surface area contributed by atoms with Gasteiger partial charge in [-0.05, 0) is 17.9 Å². The van der Waals surface area contributed by atoms with E-state index in [0.29, 0.717) is 13.2 Å². The number of halogens is 2. The van der Waals surface area contributed by atoms with Gasteiger partial charge < -0.3 is 10.1 Å². The van der Waals surface area contributed by atoms with Gasteiger partial charge in [0.1, 0.15) is 11.5 Å². The molecule has 1 aromatic carbocycles. The third-order valence-corrected chi connectivity index (χ3v) is 3.27. The van der Waals surface area contributed by atoms with Gasteiger partial charge in [0.25, 0.3) is 5.69 Å². The first-order valence-corrected chi connectivity index (χ1v) is 6.51. The number of nitro benzene ring substituents is 1. The normalized spacial score (nSPS) is 11.4. The molecule has 0 saturated heterocycles. The van der Waals surface area contributed by atoms with Crippen molar-refractivity contribution in [3.05, 3.63) is 33.1 Å². The zero-order chi connectivity index (χ0) is 15.3. The van der Waals surface area contributed by atoms with E-state index in [4.69, 9.17) is 16.3 Å². The number of nitrogens with zero attached hydrogens (tertiary/aromatic N) is 1.